The molecule has 1 N–H and O–H groups in total. The Bertz CT molecular complexity index is 254. The lowest BCUT2D eigenvalue weighted by Crippen LogP contribution is -2.46. The highest BCUT2D eigenvalue weighted by Crippen LogP contribution is 2.32. The van der Waals surface area contributed by atoms with Crippen LogP contribution in [0.1, 0.15) is 65.2 Å². The van der Waals surface area contributed by atoms with Gasteiger partial charge in [0.25, 0.3) is 0 Å². The van der Waals surface area contributed by atoms with Crippen LogP contribution in [0, 0.1) is 11.8 Å². The number of rotatable bonds is 4. The van der Waals surface area contributed by atoms with Crippen LogP contribution >= 0.6 is 0 Å². The van der Waals surface area contributed by atoms with Crippen molar-refractivity contribution in [1.29, 1.82) is 0 Å². The molecular weight excluding hydrogens is 232 g/mol. The van der Waals surface area contributed by atoms with E-state index in [9.17, 15) is 0 Å². The normalized spacial score (nSPS) is 38.1. The Morgan fingerprint density at radius 1 is 1.11 bits per heavy atom. The first-order chi connectivity index (χ1) is 9.24. The van der Waals surface area contributed by atoms with E-state index in [1.54, 1.807) is 0 Å². The lowest BCUT2D eigenvalue weighted by atomic mass is 9.76. The van der Waals surface area contributed by atoms with Crippen LogP contribution in [0.15, 0.2) is 0 Å². The van der Waals surface area contributed by atoms with Gasteiger partial charge in [-0.2, -0.15) is 0 Å². The van der Waals surface area contributed by atoms with Crippen LogP contribution in [0.4, 0.5) is 0 Å². The SMILES string of the molecule is CCC1CCC(NC)C(CN2CCCCCC2C)C1. The number of hydrogen-bond acceptors (Lipinski definition) is 2. The zero-order chi connectivity index (χ0) is 13.7. The maximum atomic E-state index is 3.59. The Kier molecular flexibility index (Phi) is 6.15. The van der Waals surface area contributed by atoms with Gasteiger partial charge in [0.1, 0.15) is 0 Å². The minimum Gasteiger partial charge on any atom is -0.317 e. The summed E-state index contributed by atoms with van der Waals surface area (Å²) >= 11 is 0. The highest BCUT2D eigenvalue weighted by molar-refractivity contribution is 4.87. The fraction of sp³-hybridized carbons (Fsp3) is 1.00. The summed E-state index contributed by atoms with van der Waals surface area (Å²) in [6.07, 6.45) is 11.4. The zero-order valence-electron chi connectivity index (χ0n) is 13.3. The minimum atomic E-state index is 0.762. The van der Waals surface area contributed by atoms with Crippen LogP contribution in [0.25, 0.3) is 0 Å². The molecule has 19 heavy (non-hydrogen) atoms. The summed E-state index contributed by atoms with van der Waals surface area (Å²) in [6, 6.07) is 1.57. The summed E-state index contributed by atoms with van der Waals surface area (Å²) in [5, 5.41) is 3.59. The summed E-state index contributed by atoms with van der Waals surface area (Å²) in [4.78, 5) is 2.79. The minimum absolute atomic E-state index is 0.762. The molecule has 2 aliphatic rings. The maximum absolute atomic E-state index is 3.59. The summed E-state index contributed by atoms with van der Waals surface area (Å²) < 4.78 is 0. The van der Waals surface area contributed by atoms with E-state index >= 15 is 0 Å². The number of likely N-dealkylation sites (tertiary alicyclic amines) is 1. The predicted octanol–water partition coefficient (Wildman–Crippen LogP) is 3.67. The van der Waals surface area contributed by atoms with Crippen molar-refractivity contribution < 1.29 is 0 Å². The third-order valence-electron chi connectivity index (χ3n) is 5.70. The molecule has 0 radical (unpaired) electrons. The molecule has 0 aromatic carbocycles. The summed E-state index contributed by atoms with van der Waals surface area (Å²) in [7, 11) is 2.16. The maximum Gasteiger partial charge on any atom is 0.0105 e. The van der Waals surface area contributed by atoms with Gasteiger partial charge in [-0.05, 0) is 64.5 Å². The molecule has 4 unspecified atom stereocenters. The van der Waals surface area contributed by atoms with Gasteiger partial charge in [-0.3, -0.25) is 0 Å². The smallest absolute Gasteiger partial charge is 0.0105 e. The topological polar surface area (TPSA) is 15.3 Å². The van der Waals surface area contributed by atoms with E-state index in [0.29, 0.717) is 0 Å². The Morgan fingerprint density at radius 3 is 2.68 bits per heavy atom. The standard InChI is InChI=1S/C17H34N2/c1-4-15-9-10-17(18-3)16(12-15)13-19-11-7-5-6-8-14(19)2/h14-18H,4-13H2,1-3H3. The van der Waals surface area contributed by atoms with Gasteiger partial charge in [0.15, 0.2) is 0 Å². The molecule has 112 valence electrons. The zero-order valence-corrected chi connectivity index (χ0v) is 13.3. The third-order valence-corrected chi connectivity index (χ3v) is 5.70. The fourth-order valence-electron chi connectivity index (χ4n) is 4.22. The van der Waals surface area contributed by atoms with Gasteiger partial charge < -0.3 is 10.2 Å². The van der Waals surface area contributed by atoms with Crippen LogP contribution in [0.2, 0.25) is 0 Å². The van der Waals surface area contributed by atoms with Gasteiger partial charge in [-0.25, -0.2) is 0 Å². The van der Waals surface area contributed by atoms with Gasteiger partial charge in [-0.15, -0.1) is 0 Å². The van der Waals surface area contributed by atoms with E-state index in [0.717, 1.165) is 23.9 Å². The van der Waals surface area contributed by atoms with E-state index < -0.39 is 0 Å². The van der Waals surface area contributed by atoms with Crippen molar-refractivity contribution in [2.45, 2.75) is 77.3 Å². The largest absolute Gasteiger partial charge is 0.317 e. The summed E-state index contributed by atoms with van der Waals surface area (Å²) in [6.45, 7) is 7.49. The highest BCUT2D eigenvalue weighted by atomic mass is 15.2. The quantitative estimate of drug-likeness (QED) is 0.835. The molecule has 1 aliphatic carbocycles. The lowest BCUT2D eigenvalue weighted by Gasteiger charge is -2.40. The monoisotopic (exact) mass is 266 g/mol. The second-order valence-corrected chi connectivity index (χ2v) is 6.94. The molecular formula is C17H34N2. The molecule has 1 aliphatic heterocycles. The molecule has 1 saturated heterocycles. The third kappa shape index (κ3) is 4.19. The molecule has 0 aromatic rings. The first kappa shape index (κ1) is 15.3. The van der Waals surface area contributed by atoms with Gasteiger partial charge >= 0.3 is 0 Å². The fourth-order valence-corrected chi connectivity index (χ4v) is 4.22. The molecule has 1 heterocycles. The van der Waals surface area contributed by atoms with E-state index in [-0.39, 0.29) is 0 Å². The van der Waals surface area contributed by atoms with Gasteiger partial charge in [0, 0.05) is 18.6 Å². The molecule has 0 aromatic heterocycles. The van der Waals surface area contributed by atoms with Crippen LogP contribution in [-0.4, -0.2) is 37.1 Å². The first-order valence-electron chi connectivity index (χ1n) is 8.65. The van der Waals surface area contributed by atoms with Crippen molar-refractivity contribution >= 4 is 0 Å². The van der Waals surface area contributed by atoms with Crippen LogP contribution < -0.4 is 5.32 Å². The lowest BCUT2D eigenvalue weighted by molar-refractivity contribution is 0.118. The molecule has 2 rings (SSSR count). The van der Waals surface area contributed by atoms with Crippen LogP contribution in [0.5, 0.6) is 0 Å². The van der Waals surface area contributed by atoms with E-state index in [1.165, 1.54) is 64.5 Å². The van der Waals surface area contributed by atoms with Crippen LogP contribution in [-0.2, 0) is 0 Å². The van der Waals surface area contributed by atoms with Crippen molar-refractivity contribution in [1.82, 2.24) is 10.2 Å². The Morgan fingerprint density at radius 2 is 1.95 bits per heavy atom. The average Bonchev–Trinajstić information content (AvgIpc) is 2.64. The number of nitrogens with one attached hydrogen (secondary N) is 1. The van der Waals surface area contributed by atoms with E-state index in [1.807, 2.05) is 0 Å². The van der Waals surface area contributed by atoms with Gasteiger partial charge in [0.05, 0.1) is 0 Å². The Hall–Kier alpha value is -0.0800. The molecule has 0 bridgehead atoms. The predicted molar refractivity (Wildman–Crippen MR) is 83.5 cm³/mol. The number of nitrogens with zero attached hydrogens (tertiary/aromatic N) is 1. The molecule has 1 saturated carbocycles. The Balaban J connectivity index is 1.93. The molecule has 2 heteroatoms. The second kappa shape index (κ2) is 7.64. The highest BCUT2D eigenvalue weighted by Gasteiger charge is 2.31. The van der Waals surface area contributed by atoms with E-state index in [4.69, 9.17) is 0 Å². The first-order valence-corrected chi connectivity index (χ1v) is 8.65. The van der Waals surface area contributed by atoms with Gasteiger partial charge in [0.2, 0.25) is 0 Å². The second-order valence-electron chi connectivity index (χ2n) is 6.94. The molecule has 4 atom stereocenters. The van der Waals surface area contributed by atoms with Crippen molar-refractivity contribution in [3.63, 3.8) is 0 Å². The molecule has 0 spiro atoms. The van der Waals surface area contributed by atoms with Crippen LogP contribution in [0.3, 0.4) is 0 Å². The van der Waals surface area contributed by atoms with Crippen molar-refractivity contribution in [3.8, 4) is 0 Å². The van der Waals surface area contributed by atoms with E-state index in [2.05, 4.69) is 31.1 Å². The summed E-state index contributed by atoms with van der Waals surface area (Å²) in [5.41, 5.74) is 0. The summed E-state index contributed by atoms with van der Waals surface area (Å²) in [5.74, 6) is 1.86. The Labute approximate surface area is 120 Å². The van der Waals surface area contributed by atoms with Crippen molar-refractivity contribution in [3.05, 3.63) is 0 Å². The van der Waals surface area contributed by atoms with Crippen molar-refractivity contribution in [2.24, 2.45) is 11.8 Å². The molecule has 2 nitrogen and oxygen atoms in total. The van der Waals surface area contributed by atoms with Gasteiger partial charge in [-0.1, -0.05) is 26.2 Å². The number of hydrogen-bond donors (Lipinski definition) is 1. The molecule has 0 amide bonds. The average molecular weight is 266 g/mol. The van der Waals surface area contributed by atoms with Crippen molar-refractivity contribution in [2.75, 3.05) is 20.1 Å². The molecule has 2 fully saturated rings.